The van der Waals surface area contributed by atoms with Crippen LogP contribution in [0.15, 0.2) is 18.2 Å². The molecule has 1 fully saturated rings. The molecule has 3 heteroatoms. The first kappa shape index (κ1) is 12.8. The van der Waals surface area contributed by atoms with Crippen molar-refractivity contribution < 1.29 is 4.74 Å². The van der Waals surface area contributed by atoms with Gasteiger partial charge >= 0.3 is 0 Å². The fourth-order valence-corrected chi connectivity index (χ4v) is 3.07. The van der Waals surface area contributed by atoms with Crippen LogP contribution >= 0.6 is 0 Å². The summed E-state index contributed by atoms with van der Waals surface area (Å²) in [4.78, 5) is 0. The molecule has 1 aromatic rings. The highest BCUT2D eigenvalue weighted by Gasteiger charge is 2.13. The van der Waals surface area contributed by atoms with E-state index in [0.29, 0.717) is 0 Å². The van der Waals surface area contributed by atoms with Crippen molar-refractivity contribution in [3.8, 4) is 5.75 Å². The average Bonchev–Trinajstić information content (AvgIpc) is 2.48. The minimum Gasteiger partial charge on any atom is -0.490 e. The van der Waals surface area contributed by atoms with Crippen molar-refractivity contribution >= 4 is 5.69 Å². The quantitative estimate of drug-likeness (QED) is 0.873. The topological polar surface area (TPSA) is 33.3 Å². The summed E-state index contributed by atoms with van der Waals surface area (Å²) < 4.78 is 5.60. The second-order valence-corrected chi connectivity index (χ2v) is 5.64. The predicted molar refractivity (Wildman–Crippen MR) is 79.0 cm³/mol. The van der Waals surface area contributed by atoms with Crippen LogP contribution in [0, 0.1) is 0 Å². The zero-order chi connectivity index (χ0) is 12.9. The van der Waals surface area contributed by atoms with E-state index in [4.69, 9.17) is 4.74 Å². The lowest BCUT2D eigenvalue weighted by Gasteiger charge is -2.23. The van der Waals surface area contributed by atoms with Crippen LogP contribution in [0.5, 0.6) is 5.75 Å². The second kappa shape index (κ2) is 6.29. The van der Waals surface area contributed by atoms with E-state index in [1.165, 1.54) is 37.7 Å². The SMILES string of the molecule is c1cc2c(cc1CCNC1CCCCC1)NCCO2. The summed E-state index contributed by atoms with van der Waals surface area (Å²) in [5.41, 5.74) is 2.54. The molecule has 3 rings (SSSR count). The minimum atomic E-state index is 0.757. The first-order chi connectivity index (χ1) is 9.42. The van der Waals surface area contributed by atoms with Crippen molar-refractivity contribution in [2.75, 3.05) is 25.0 Å². The van der Waals surface area contributed by atoms with Crippen molar-refractivity contribution in [3.63, 3.8) is 0 Å². The number of hydrogen-bond acceptors (Lipinski definition) is 3. The first-order valence-corrected chi connectivity index (χ1v) is 7.65. The number of anilines is 1. The minimum absolute atomic E-state index is 0.757. The maximum atomic E-state index is 5.60. The molecule has 1 aliphatic heterocycles. The molecule has 0 radical (unpaired) electrons. The molecule has 2 aliphatic rings. The van der Waals surface area contributed by atoms with Crippen LogP contribution in [0.3, 0.4) is 0 Å². The molecule has 0 unspecified atom stereocenters. The number of hydrogen-bond donors (Lipinski definition) is 2. The van der Waals surface area contributed by atoms with Crippen molar-refractivity contribution in [1.29, 1.82) is 0 Å². The number of ether oxygens (including phenoxy) is 1. The molecule has 0 amide bonds. The van der Waals surface area contributed by atoms with E-state index in [1.807, 2.05) is 0 Å². The van der Waals surface area contributed by atoms with Gasteiger partial charge in [0.25, 0.3) is 0 Å². The van der Waals surface area contributed by atoms with E-state index in [0.717, 1.165) is 43.6 Å². The molecule has 0 bridgehead atoms. The lowest BCUT2D eigenvalue weighted by atomic mass is 9.95. The summed E-state index contributed by atoms with van der Waals surface area (Å²) in [5, 5.41) is 7.10. The van der Waals surface area contributed by atoms with Crippen molar-refractivity contribution in [1.82, 2.24) is 5.32 Å². The molecule has 1 aliphatic carbocycles. The Kier molecular flexibility index (Phi) is 4.23. The van der Waals surface area contributed by atoms with Gasteiger partial charge < -0.3 is 15.4 Å². The molecule has 0 saturated heterocycles. The highest BCUT2D eigenvalue weighted by molar-refractivity contribution is 5.59. The largest absolute Gasteiger partial charge is 0.490 e. The summed E-state index contributed by atoms with van der Waals surface area (Å²) in [6, 6.07) is 7.27. The Labute approximate surface area is 115 Å². The van der Waals surface area contributed by atoms with Gasteiger partial charge in [0.1, 0.15) is 12.4 Å². The summed E-state index contributed by atoms with van der Waals surface area (Å²) in [6.45, 7) is 2.77. The van der Waals surface area contributed by atoms with Gasteiger partial charge in [-0.1, -0.05) is 25.3 Å². The number of benzene rings is 1. The molecule has 1 heterocycles. The van der Waals surface area contributed by atoms with Crippen LogP contribution < -0.4 is 15.4 Å². The molecular weight excluding hydrogens is 236 g/mol. The van der Waals surface area contributed by atoms with Gasteiger partial charge in [-0.25, -0.2) is 0 Å². The third kappa shape index (κ3) is 3.41. The zero-order valence-corrected chi connectivity index (χ0v) is 11.6. The maximum absolute atomic E-state index is 5.60. The van der Waals surface area contributed by atoms with Gasteiger partial charge in [-0.15, -0.1) is 0 Å². The normalized spacial score (nSPS) is 19.4. The van der Waals surface area contributed by atoms with Gasteiger partial charge in [0.15, 0.2) is 0 Å². The zero-order valence-electron chi connectivity index (χ0n) is 11.6. The number of fused-ring (bicyclic) bond motifs is 1. The maximum Gasteiger partial charge on any atom is 0.142 e. The Balaban J connectivity index is 1.49. The monoisotopic (exact) mass is 260 g/mol. The summed E-state index contributed by atoms with van der Waals surface area (Å²) in [6.07, 6.45) is 8.05. The highest BCUT2D eigenvalue weighted by Crippen LogP contribution is 2.28. The Morgan fingerprint density at radius 1 is 1.21 bits per heavy atom. The summed E-state index contributed by atoms with van der Waals surface area (Å²) in [5.74, 6) is 0.996. The van der Waals surface area contributed by atoms with Crippen LogP contribution in [-0.2, 0) is 6.42 Å². The molecule has 1 aromatic carbocycles. The highest BCUT2D eigenvalue weighted by atomic mass is 16.5. The van der Waals surface area contributed by atoms with Gasteiger partial charge in [0, 0.05) is 12.6 Å². The van der Waals surface area contributed by atoms with Crippen molar-refractivity contribution in [3.05, 3.63) is 23.8 Å². The molecule has 0 aromatic heterocycles. The molecule has 104 valence electrons. The van der Waals surface area contributed by atoms with Crippen molar-refractivity contribution in [2.45, 2.75) is 44.6 Å². The van der Waals surface area contributed by atoms with Crippen LogP contribution in [-0.4, -0.2) is 25.7 Å². The molecule has 2 N–H and O–H groups in total. The van der Waals surface area contributed by atoms with Crippen LogP contribution in [0.4, 0.5) is 5.69 Å². The number of nitrogens with one attached hydrogen (secondary N) is 2. The standard InChI is InChI=1S/C16H24N2O/c1-2-4-14(5-3-1)17-9-8-13-6-7-16-15(12-13)18-10-11-19-16/h6-7,12,14,17-18H,1-5,8-11H2. The van der Waals surface area contributed by atoms with E-state index in [-0.39, 0.29) is 0 Å². The van der Waals surface area contributed by atoms with Crippen LogP contribution in [0.2, 0.25) is 0 Å². The van der Waals surface area contributed by atoms with Crippen molar-refractivity contribution in [2.24, 2.45) is 0 Å². The fourth-order valence-electron chi connectivity index (χ4n) is 3.07. The van der Waals surface area contributed by atoms with Gasteiger partial charge in [-0.3, -0.25) is 0 Å². The van der Waals surface area contributed by atoms with Crippen LogP contribution in [0.1, 0.15) is 37.7 Å². The fraction of sp³-hybridized carbons (Fsp3) is 0.625. The van der Waals surface area contributed by atoms with E-state index >= 15 is 0 Å². The predicted octanol–water partition coefficient (Wildman–Crippen LogP) is 2.96. The lowest BCUT2D eigenvalue weighted by Crippen LogP contribution is -2.32. The Morgan fingerprint density at radius 3 is 3.00 bits per heavy atom. The Bertz CT molecular complexity index is 413. The molecule has 0 spiro atoms. The van der Waals surface area contributed by atoms with E-state index in [1.54, 1.807) is 0 Å². The second-order valence-electron chi connectivity index (χ2n) is 5.64. The molecule has 1 saturated carbocycles. The van der Waals surface area contributed by atoms with E-state index < -0.39 is 0 Å². The summed E-state index contributed by atoms with van der Waals surface area (Å²) in [7, 11) is 0. The van der Waals surface area contributed by atoms with Gasteiger partial charge in [0.05, 0.1) is 5.69 Å². The molecule has 0 atom stereocenters. The van der Waals surface area contributed by atoms with Gasteiger partial charge in [-0.05, 0) is 43.5 Å². The summed E-state index contributed by atoms with van der Waals surface area (Å²) >= 11 is 0. The number of rotatable bonds is 4. The van der Waals surface area contributed by atoms with E-state index in [9.17, 15) is 0 Å². The molecule has 3 nitrogen and oxygen atoms in total. The average molecular weight is 260 g/mol. The first-order valence-electron chi connectivity index (χ1n) is 7.65. The Morgan fingerprint density at radius 2 is 2.11 bits per heavy atom. The smallest absolute Gasteiger partial charge is 0.142 e. The molecule has 19 heavy (non-hydrogen) atoms. The van der Waals surface area contributed by atoms with Gasteiger partial charge in [-0.2, -0.15) is 0 Å². The molecular formula is C16H24N2O. The Hall–Kier alpha value is -1.22. The van der Waals surface area contributed by atoms with Gasteiger partial charge in [0.2, 0.25) is 0 Å². The third-order valence-electron chi connectivity index (χ3n) is 4.17. The van der Waals surface area contributed by atoms with E-state index in [2.05, 4.69) is 28.8 Å². The van der Waals surface area contributed by atoms with Crippen LogP contribution in [0.25, 0.3) is 0 Å². The lowest BCUT2D eigenvalue weighted by molar-refractivity contribution is 0.323. The third-order valence-corrected chi connectivity index (χ3v) is 4.17.